The van der Waals surface area contributed by atoms with Gasteiger partial charge in [-0.15, -0.1) is 0 Å². The second-order valence-corrected chi connectivity index (χ2v) is 6.58. The average Bonchev–Trinajstić information content (AvgIpc) is 2.80. The fourth-order valence-corrected chi connectivity index (χ4v) is 3.56. The highest BCUT2D eigenvalue weighted by atomic mass is 16.8. The Morgan fingerprint density at radius 3 is 2.75 bits per heavy atom. The summed E-state index contributed by atoms with van der Waals surface area (Å²) in [4.78, 5) is 13.1. The maximum absolute atomic E-state index is 13.1. The zero-order chi connectivity index (χ0) is 17.2. The van der Waals surface area contributed by atoms with Crippen molar-refractivity contribution in [2.24, 2.45) is 0 Å². The molecule has 0 amide bonds. The van der Waals surface area contributed by atoms with Crippen LogP contribution in [-0.2, 0) is 9.47 Å². The van der Waals surface area contributed by atoms with E-state index >= 15 is 0 Å². The third-order valence-corrected chi connectivity index (χ3v) is 4.45. The van der Waals surface area contributed by atoms with Gasteiger partial charge in [-0.05, 0) is 13.8 Å². The van der Waals surface area contributed by atoms with Gasteiger partial charge in [0.2, 0.25) is 5.43 Å². The Morgan fingerprint density at radius 2 is 2.04 bits per heavy atom. The van der Waals surface area contributed by atoms with Crippen molar-refractivity contribution in [1.29, 1.82) is 0 Å². The van der Waals surface area contributed by atoms with Crippen molar-refractivity contribution in [2.45, 2.75) is 44.4 Å². The average molecular weight is 334 g/mol. The maximum Gasteiger partial charge on any atom is 0.202 e. The quantitative estimate of drug-likeness (QED) is 0.824. The molecule has 2 N–H and O–H groups in total. The number of rotatable bonds is 1. The van der Waals surface area contributed by atoms with Gasteiger partial charge in [0.05, 0.1) is 18.8 Å². The van der Waals surface area contributed by atoms with Gasteiger partial charge in [0.1, 0.15) is 40.4 Å². The molecular weight excluding hydrogens is 316 g/mol. The lowest BCUT2D eigenvalue weighted by Gasteiger charge is -2.27. The van der Waals surface area contributed by atoms with Gasteiger partial charge >= 0.3 is 0 Å². The van der Waals surface area contributed by atoms with E-state index in [0.717, 1.165) is 0 Å². The number of aliphatic hydroxyl groups excluding tert-OH is 1. The fraction of sp³-hybridized carbons (Fsp3) is 0.471. The van der Waals surface area contributed by atoms with Crippen molar-refractivity contribution in [3.8, 4) is 11.5 Å². The van der Waals surface area contributed by atoms with Gasteiger partial charge in [-0.25, -0.2) is 0 Å². The number of fused-ring (bicyclic) bond motifs is 4. The van der Waals surface area contributed by atoms with E-state index in [1.807, 2.05) is 0 Å². The van der Waals surface area contributed by atoms with Crippen molar-refractivity contribution < 1.29 is 28.8 Å². The lowest BCUT2D eigenvalue weighted by molar-refractivity contribution is -0.147. The van der Waals surface area contributed by atoms with E-state index in [-0.39, 0.29) is 45.6 Å². The number of phenolic OH excluding ortho intramolecular Hbond substituents is 1. The summed E-state index contributed by atoms with van der Waals surface area (Å²) < 4.78 is 22.6. The van der Waals surface area contributed by atoms with Crippen LogP contribution in [0.1, 0.15) is 43.8 Å². The molecule has 0 bridgehead atoms. The summed E-state index contributed by atoms with van der Waals surface area (Å²) >= 11 is 0. The van der Waals surface area contributed by atoms with Crippen molar-refractivity contribution in [3.05, 3.63) is 33.7 Å². The van der Waals surface area contributed by atoms with Gasteiger partial charge < -0.3 is 28.8 Å². The smallest absolute Gasteiger partial charge is 0.202 e. The Morgan fingerprint density at radius 1 is 1.29 bits per heavy atom. The molecule has 1 saturated heterocycles. The summed E-state index contributed by atoms with van der Waals surface area (Å²) in [6.07, 6.45) is -1.75. The molecule has 0 saturated carbocycles. The van der Waals surface area contributed by atoms with Crippen LogP contribution in [-0.4, -0.2) is 29.2 Å². The molecule has 1 aromatic carbocycles. The molecule has 2 aliphatic rings. The Bertz CT molecular complexity index is 883. The fourth-order valence-electron chi connectivity index (χ4n) is 3.56. The number of aliphatic hydroxyl groups is 1. The van der Waals surface area contributed by atoms with E-state index in [0.29, 0.717) is 0 Å². The first-order chi connectivity index (χ1) is 11.3. The van der Waals surface area contributed by atoms with E-state index in [1.165, 1.54) is 19.2 Å². The molecule has 128 valence electrons. The Hall–Kier alpha value is -2.09. The number of ether oxygens (including phenoxy) is 3. The molecular formula is C17H18O7. The molecule has 2 aromatic rings. The van der Waals surface area contributed by atoms with Gasteiger partial charge in [0.25, 0.3) is 0 Å². The number of phenols is 1. The molecule has 7 nitrogen and oxygen atoms in total. The summed E-state index contributed by atoms with van der Waals surface area (Å²) in [5.74, 6) is -0.580. The van der Waals surface area contributed by atoms with E-state index in [4.69, 9.17) is 18.6 Å². The zero-order valence-corrected chi connectivity index (χ0v) is 13.5. The largest absolute Gasteiger partial charge is 0.508 e. The van der Waals surface area contributed by atoms with Crippen LogP contribution >= 0.6 is 0 Å². The standard InChI is InChI=1S/C17H18O7/c1-17(2)23-11-6-8(19)15-13(16(11)24-17)14(20)12-9(21-3)4-7(18)5-10(12)22-15/h4-5,8,11,16,18-19H,6H2,1-3H3/t8-,11-,16-/m0/s1. The molecule has 7 heteroatoms. The van der Waals surface area contributed by atoms with Gasteiger partial charge in [0, 0.05) is 18.6 Å². The summed E-state index contributed by atoms with van der Waals surface area (Å²) in [5, 5.41) is 20.4. The number of hydrogen-bond donors (Lipinski definition) is 2. The van der Waals surface area contributed by atoms with Gasteiger partial charge in [-0.1, -0.05) is 0 Å². The van der Waals surface area contributed by atoms with E-state index < -0.39 is 24.1 Å². The minimum absolute atomic E-state index is 0.0905. The van der Waals surface area contributed by atoms with Crippen LogP contribution in [0.25, 0.3) is 11.0 Å². The van der Waals surface area contributed by atoms with Crippen LogP contribution in [0, 0.1) is 0 Å². The third-order valence-electron chi connectivity index (χ3n) is 4.45. The molecule has 0 spiro atoms. The highest BCUT2D eigenvalue weighted by molar-refractivity contribution is 5.86. The summed E-state index contributed by atoms with van der Waals surface area (Å²) in [5.41, 5.74) is 0.0604. The van der Waals surface area contributed by atoms with E-state index in [9.17, 15) is 15.0 Å². The predicted molar refractivity (Wildman–Crippen MR) is 83.1 cm³/mol. The molecule has 0 unspecified atom stereocenters. The first kappa shape index (κ1) is 15.4. The second kappa shape index (κ2) is 4.95. The number of hydrogen-bond acceptors (Lipinski definition) is 7. The van der Waals surface area contributed by atoms with Crippen LogP contribution in [0.5, 0.6) is 11.5 Å². The highest BCUT2D eigenvalue weighted by Crippen LogP contribution is 2.47. The first-order valence-electron chi connectivity index (χ1n) is 7.72. The van der Waals surface area contributed by atoms with Crippen molar-refractivity contribution in [2.75, 3.05) is 7.11 Å². The predicted octanol–water partition coefficient (Wildman–Crippen LogP) is 2.14. The van der Waals surface area contributed by atoms with Gasteiger partial charge in [-0.2, -0.15) is 0 Å². The van der Waals surface area contributed by atoms with Gasteiger partial charge in [-0.3, -0.25) is 4.79 Å². The summed E-state index contributed by atoms with van der Waals surface area (Å²) in [7, 11) is 1.41. The normalized spacial score (nSPS) is 27.8. The minimum atomic E-state index is -0.982. The Labute approximate surface area is 137 Å². The van der Waals surface area contributed by atoms with Crippen LogP contribution < -0.4 is 10.2 Å². The van der Waals surface area contributed by atoms with Crippen LogP contribution in [0.2, 0.25) is 0 Å². The second-order valence-electron chi connectivity index (χ2n) is 6.58. The molecule has 1 aliphatic carbocycles. The van der Waals surface area contributed by atoms with Crippen LogP contribution in [0.3, 0.4) is 0 Å². The molecule has 1 aliphatic heterocycles. The molecule has 0 radical (unpaired) electrons. The van der Waals surface area contributed by atoms with Crippen LogP contribution in [0.15, 0.2) is 21.3 Å². The molecule has 4 rings (SSSR count). The van der Waals surface area contributed by atoms with Crippen molar-refractivity contribution >= 4 is 11.0 Å². The van der Waals surface area contributed by atoms with E-state index in [2.05, 4.69) is 0 Å². The molecule has 3 atom stereocenters. The first-order valence-corrected chi connectivity index (χ1v) is 7.72. The Balaban J connectivity index is 2.03. The lowest BCUT2D eigenvalue weighted by Crippen LogP contribution is -2.31. The molecule has 1 aromatic heterocycles. The number of benzene rings is 1. The molecule has 24 heavy (non-hydrogen) atoms. The summed E-state index contributed by atoms with van der Waals surface area (Å²) in [6.45, 7) is 3.53. The lowest BCUT2D eigenvalue weighted by atomic mass is 9.89. The molecule has 1 fully saturated rings. The van der Waals surface area contributed by atoms with Gasteiger partial charge in [0.15, 0.2) is 5.79 Å². The van der Waals surface area contributed by atoms with Crippen molar-refractivity contribution in [1.82, 2.24) is 0 Å². The highest BCUT2D eigenvalue weighted by Gasteiger charge is 2.49. The monoisotopic (exact) mass is 334 g/mol. The summed E-state index contributed by atoms with van der Waals surface area (Å²) in [6, 6.07) is 2.67. The topological polar surface area (TPSA) is 98.4 Å². The Kier molecular flexibility index (Phi) is 3.19. The number of aromatic hydroxyl groups is 1. The number of methoxy groups -OCH3 is 1. The van der Waals surface area contributed by atoms with E-state index in [1.54, 1.807) is 13.8 Å². The third kappa shape index (κ3) is 2.12. The molecule has 2 heterocycles. The minimum Gasteiger partial charge on any atom is -0.508 e. The van der Waals surface area contributed by atoms with Crippen molar-refractivity contribution in [3.63, 3.8) is 0 Å². The van der Waals surface area contributed by atoms with Crippen LogP contribution in [0.4, 0.5) is 0 Å². The zero-order valence-electron chi connectivity index (χ0n) is 13.5. The maximum atomic E-state index is 13.1. The SMILES string of the molecule is COc1cc(O)cc2oc3c(c(=O)c12)[C@H]1OC(C)(C)O[C@H]1C[C@@H]3O.